The molecule has 0 bridgehead atoms. The first-order valence-electron chi connectivity index (χ1n) is 12.3. The van der Waals surface area contributed by atoms with Crippen LogP contribution in [-0.4, -0.2) is 38.6 Å². The molecule has 9 heteroatoms. The quantitative estimate of drug-likeness (QED) is 0.477. The molecule has 8 nitrogen and oxygen atoms in total. The number of carbonyl (C=O) groups excluding carboxylic acids is 2. The Morgan fingerprint density at radius 2 is 1.62 bits per heavy atom. The van der Waals surface area contributed by atoms with Crippen LogP contribution in [-0.2, 0) is 10.0 Å². The summed E-state index contributed by atoms with van der Waals surface area (Å²) >= 11 is 0. The van der Waals surface area contributed by atoms with Crippen LogP contribution in [0.15, 0.2) is 107 Å². The molecule has 198 valence electrons. The molecule has 2 amide bonds. The third-order valence-corrected chi connectivity index (χ3v) is 8.45. The average Bonchev–Trinajstić information content (AvgIpc) is 3.09. The van der Waals surface area contributed by atoms with Crippen LogP contribution < -0.4 is 15.0 Å². The summed E-state index contributed by atoms with van der Waals surface area (Å²) in [6, 6.07) is 21.1. The second-order valence-corrected chi connectivity index (χ2v) is 11.6. The van der Waals surface area contributed by atoms with E-state index in [1.807, 2.05) is 25.1 Å². The van der Waals surface area contributed by atoms with Gasteiger partial charge in [0.05, 0.1) is 10.6 Å². The zero-order valence-electron chi connectivity index (χ0n) is 21.7. The maximum absolute atomic E-state index is 13.8. The van der Waals surface area contributed by atoms with Crippen LogP contribution in [0.2, 0.25) is 0 Å². The summed E-state index contributed by atoms with van der Waals surface area (Å²) in [4.78, 5) is 28.1. The first kappa shape index (κ1) is 26.1. The van der Waals surface area contributed by atoms with Gasteiger partial charge in [-0.2, -0.15) is 0 Å². The number of benzene rings is 3. The molecule has 0 saturated heterocycles. The molecule has 3 aromatic rings. The molecule has 0 spiro atoms. The zero-order valence-corrected chi connectivity index (χ0v) is 22.5. The van der Waals surface area contributed by atoms with Gasteiger partial charge in [0.1, 0.15) is 5.76 Å². The van der Waals surface area contributed by atoms with Crippen LogP contribution in [0.4, 0.5) is 11.4 Å². The molecule has 0 aromatic heterocycles. The van der Waals surface area contributed by atoms with Gasteiger partial charge in [0, 0.05) is 49.1 Å². The van der Waals surface area contributed by atoms with E-state index in [0.29, 0.717) is 39.6 Å². The van der Waals surface area contributed by atoms with E-state index in [-0.39, 0.29) is 23.1 Å². The first-order valence-corrected chi connectivity index (χ1v) is 13.7. The number of aryl methyl sites for hydroxylation is 1. The number of hydrogen-bond acceptors (Lipinski definition) is 5. The number of anilines is 2. The second kappa shape index (κ2) is 10.4. The van der Waals surface area contributed by atoms with Crippen molar-refractivity contribution < 1.29 is 22.7 Å². The predicted molar refractivity (Wildman–Crippen MR) is 151 cm³/mol. The van der Waals surface area contributed by atoms with Crippen molar-refractivity contribution in [2.45, 2.75) is 13.3 Å². The maximum atomic E-state index is 13.8. The van der Waals surface area contributed by atoms with E-state index in [2.05, 4.69) is 5.32 Å². The van der Waals surface area contributed by atoms with Gasteiger partial charge in [-0.1, -0.05) is 30.3 Å². The minimum Gasteiger partial charge on any atom is -0.455 e. The summed E-state index contributed by atoms with van der Waals surface area (Å²) < 4.78 is 32.8. The Labute approximate surface area is 227 Å². The number of carbonyl (C=O) groups is 2. The predicted octanol–water partition coefficient (Wildman–Crippen LogP) is 5.23. The van der Waals surface area contributed by atoms with Gasteiger partial charge in [-0.15, -0.1) is 0 Å². The molecule has 3 aromatic carbocycles. The lowest BCUT2D eigenvalue weighted by molar-refractivity contribution is 0.0995. The Kier molecular flexibility index (Phi) is 6.94. The van der Waals surface area contributed by atoms with Crippen molar-refractivity contribution in [3.8, 4) is 5.75 Å². The van der Waals surface area contributed by atoms with Crippen LogP contribution in [0.1, 0.15) is 32.7 Å². The molecule has 0 saturated carbocycles. The van der Waals surface area contributed by atoms with Crippen molar-refractivity contribution >= 4 is 33.2 Å². The number of rotatable bonds is 5. The van der Waals surface area contributed by atoms with Crippen LogP contribution in [0.25, 0.3) is 0 Å². The summed E-state index contributed by atoms with van der Waals surface area (Å²) in [6.45, 7) is 1.87. The summed E-state index contributed by atoms with van der Waals surface area (Å²) in [7, 11) is -0.685. The molecule has 1 heterocycles. The molecular weight excluding hydrogens is 514 g/mol. The second-order valence-electron chi connectivity index (χ2n) is 9.37. The van der Waals surface area contributed by atoms with Gasteiger partial charge in [0.15, 0.2) is 5.75 Å². The van der Waals surface area contributed by atoms with Crippen LogP contribution in [0.3, 0.4) is 0 Å². The van der Waals surface area contributed by atoms with Crippen LogP contribution in [0, 0.1) is 6.92 Å². The molecule has 0 radical (unpaired) electrons. The van der Waals surface area contributed by atoms with Crippen LogP contribution >= 0.6 is 0 Å². The highest BCUT2D eigenvalue weighted by Gasteiger charge is 2.30. The molecular formula is C30H27N3O5S. The fourth-order valence-corrected chi connectivity index (χ4v) is 5.39. The van der Waals surface area contributed by atoms with Crippen molar-refractivity contribution in [1.29, 1.82) is 0 Å². The van der Waals surface area contributed by atoms with E-state index in [1.165, 1.54) is 25.1 Å². The normalized spacial score (nSPS) is 14.7. The molecule has 0 unspecified atom stereocenters. The molecule has 0 atom stereocenters. The minimum atomic E-state index is -3.64. The highest BCUT2D eigenvalue weighted by molar-refractivity contribution is 7.93. The topological polar surface area (TPSA) is 96.0 Å². The van der Waals surface area contributed by atoms with Crippen molar-refractivity contribution in [3.63, 3.8) is 0 Å². The highest BCUT2D eigenvalue weighted by Crippen LogP contribution is 2.39. The lowest BCUT2D eigenvalue weighted by Gasteiger charge is -2.21. The number of amides is 2. The highest BCUT2D eigenvalue weighted by atomic mass is 32.2. The largest absolute Gasteiger partial charge is 0.455 e. The summed E-state index contributed by atoms with van der Waals surface area (Å²) in [5.41, 5.74) is 3.47. The summed E-state index contributed by atoms with van der Waals surface area (Å²) in [5.74, 6) is 0.384. The minimum absolute atomic E-state index is 0.0774. The molecule has 39 heavy (non-hydrogen) atoms. The first-order chi connectivity index (χ1) is 18.6. The van der Waals surface area contributed by atoms with Crippen molar-refractivity contribution in [2.24, 2.45) is 0 Å². The van der Waals surface area contributed by atoms with Crippen LogP contribution in [0.5, 0.6) is 5.75 Å². The zero-order chi connectivity index (χ0) is 27.7. The molecule has 5 rings (SSSR count). The Morgan fingerprint density at radius 1 is 0.923 bits per heavy atom. The SMILES string of the molecule is Cc1ccccc1C(=O)Nc1ccc(C(=O)N2C=C3CC(S(=O)(=O)N(C)C)=CC=C3Oc3ccccc32)cc1. The average molecular weight is 542 g/mol. The van der Waals surface area contributed by atoms with Gasteiger partial charge in [-0.25, -0.2) is 12.7 Å². The van der Waals surface area contributed by atoms with Crippen molar-refractivity contribution in [1.82, 2.24) is 4.31 Å². The molecule has 1 N–H and O–H groups in total. The third kappa shape index (κ3) is 5.14. The molecule has 1 aliphatic carbocycles. The number of ether oxygens (including phenoxy) is 1. The van der Waals surface area contributed by atoms with Gasteiger partial charge >= 0.3 is 0 Å². The third-order valence-electron chi connectivity index (χ3n) is 6.54. The molecule has 1 aliphatic heterocycles. The van der Waals surface area contributed by atoms with Crippen molar-refractivity contribution in [2.75, 3.05) is 24.3 Å². The Morgan fingerprint density at radius 3 is 2.33 bits per heavy atom. The molecule has 2 aliphatic rings. The number of sulfonamides is 1. The molecule has 0 fully saturated rings. The maximum Gasteiger partial charge on any atom is 0.262 e. The number of allylic oxidation sites excluding steroid dienone is 4. The fraction of sp³-hybridized carbons (Fsp3) is 0.133. The van der Waals surface area contributed by atoms with E-state index >= 15 is 0 Å². The van der Waals surface area contributed by atoms with Gasteiger partial charge < -0.3 is 10.1 Å². The van der Waals surface area contributed by atoms with E-state index in [0.717, 1.165) is 9.87 Å². The van der Waals surface area contributed by atoms with Gasteiger partial charge in [-0.05, 0) is 67.1 Å². The Hall–Kier alpha value is -4.47. The fourth-order valence-electron chi connectivity index (χ4n) is 4.35. The lowest BCUT2D eigenvalue weighted by Crippen LogP contribution is -2.27. The summed E-state index contributed by atoms with van der Waals surface area (Å²) in [6.07, 6.45) is 4.86. The van der Waals surface area contributed by atoms with Crippen molar-refractivity contribution in [3.05, 3.63) is 124 Å². The Balaban J connectivity index is 1.44. The standard InChI is InChI=1S/C30H27N3O5S/c1-20-8-4-5-9-25(20)29(34)31-23-14-12-21(13-15-23)30(35)33-19-22-18-24(39(36,37)32(2)3)16-17-27(22)38-28-11-7-6-10-26(28)33/h4-17,19H,18H2,1-3H3,(H,31,34). The van der Waals surface area contributed by atoms with E-state index in [1.54, 1.807) is 66.9 Å². The van der Waals surface area contributed by atoms with Gasteiger partial charge in [0.25, 0.3) is 11.8 Å². The van der Waals surface area contributed by atoms with E-state index < -0.39 is 10.0 Å². The van der Waals surface area contributed by atoms with E-state index in [4.69, 9.17) is 4.74 Å². The lowest BCUT2D eigenvalue weighted by atomic mass is 10.1. The smallest absolute Gasteiger partial charge is 0.262 e. The number of hydrogen-bond donors (Lipinski definition) is 1. The van der Waals surface area contributed by atoms with Gasteiger partial charge in [0.2, 0.25) is 10.0 Å². The number of nitrogens with one attached hydrogen (secondary N) is 1. The number of para-hydroxylation sites is 2. The van der Waals surface area contributed by atoms with E-state index in [9.17, 15) is 18.0 Å². The summed E-state index contributed by atoms with van der Waals surface area (Å²) in [5, 5.41) is 2.87. The number of nitrogens with zero attached hydrogens (tertiary/aromatic N) is 2. The Bertz CT molecular complexity index is 1670. The number of fused-ring (bicyclic) bond motifs is 2. The van der Waals surface area contributed by atoms with Gasteiger partial charge in [-0.3, -0.25) is 14.5 Å². The monoisotopic (exact) mass is 541 g/mol.